The lowest BCUT2D eigenvalue weighted by atomic mass is 10.1. The fourth-order valence-electron chi connectivity index (χ4n) is 1.78. The molecule has 0 aliphatic heterocycles. The molecule has 0 heterocycles. The first-order chi connectivity index (χ1) is 9.34. The number of nitrogens with zero attached hydrogens (tertiary/aromatic N) is 1. The third kappa shape index (κ3) is 3.65. The lowest BCUT2D eigenvalue weighted by molar-refractivity contribution is 0.0988. The van der Waals surface area contributed by atoms with Crippen LogP contribution < -0.4 is 0 Å². The number of rotatable bonds is 7. The summed E-state index contributed by atoms with van der Waals surface area (Å²) in [7, 11) is -0.591. The van der Waals surface area contributed by atoms with Crippen LogP contribution >= 0.6 is 0 Å². The van der Waals surface area contributed by atoms with Crippen molar-refractivity contribution in [2.24, 2.45) is 0 Å². The van der Waals surface area contributed by atoms with Gasteiger partial charge in [-0.1, -0.05) is 19.1 Å². The molecule has 0 aliphatic carbocycles. The van der Waals surface area contributed by atoms with Gasteiger partial charge in [0.05, 0.1) is 11.5 Å². The fraction of sp³-hybridized carbons (Fsp3) is 0.500. The maximum absolute atomic E-state index is 12.5. The average Bonchev–Trinajstić information content (AvgIpc) is 2.45. The van der Waals surface area contributed by atoms with Crippen LogP contribution in [-0.2, 0) is 14.8 Å². The minimum absolute atomic E-state index is 0.0744. The molecule has 1 aromatic carbocycles. The van der Waals surface area contributed by atoms with Gasteiger partial charge in [0.15, 0.2) is 5.78 Å². The first kappa shape index (κ1) is 16.8. The van der Waals surface area contributed by atoms with Crippen molar-refractivity contribution in [1.29, 1.82) is 0 Å². The van der Waals surface area contributed by atoms with Crippen LogP contribution in [0, 0.1) is 0 Å². The van der Waals surface area contributed by atoms with Gasteiger partial charge in [-0.25, -0.2) is 8.42 Å². The lowest BCUT2D eigenvalue weighted by Gasteiger charge is -2.23. The number of ether oxygens (including phenoxy) is 1. The highest BCUT2D eigenvalue weighted by Gasteiger charge is 2.25. The van der Waals surface area contributed by atoms with Crippen molar-refractivity contribution in [3.63, 3.8) is 0 Å². The molecule has 1 aromatic rings. The number of likely N-dealkylation sites (N-methyl/N-ethyl adjacent to an activating group) is 1. The Morgan fingerprint density at radius 3 is 2.60 bits per heavy atom. The molecule has 1 atom stereocenters. The average molecular weight is 299 g/mol. The van der Waals surface area contributed by atoms with Crippen molar-refractivity contribution in [1.82, 2.24) is 4.31 Å². The Morgan fingerprint density at radius 1 is 1.40 bits per heavy atom. The SMILES string of the molecule is CCC(=O)c1cccc(S(=O)(=O)N(C)C(C)COC)c1. The minimum atomic E-state index is -3.62. The molecule has 0 bridgehead atoms. The zero-order valence-electron chi connectivity index (χ0n) is 12.3. The Labute approximate surface area is 120 Å². The molecule has 112 valence electrons. The van der Waals surface area contributed by atoms with E-state index in [1.807, 2.05) is 0 Å². The predicted molar refractivity (Wildman–Crippen MR) is 77.4 cm³/mol. The van der Waals surface area contributed by atoms with Gasteiger partial charge in [-0.05, 0) is 19.1 Å². The van der Waals surface area contributed by atoms with E-state index in [1.165, 1.54) is 30.6 Å². The fourth-order valence-corrected chi connectivity index (χ4v) is 3.18. The van der Waals surface area contributed by atoms with Crippen LogP contribution in [0.15, 0.2) is 29.2 Å². The van der Waals surface area contributed by atoms with Gasteiger partial charge in [0.2, 0.25) is 10.0 Å². The summed E-state index contributed by atoms with van der Waals surface area (Å²) in [6.07, 6.45) is 0.347. The van der Waals surface area contributed by atoms with Crippen molar-refractivity contribution >= 4 is 15.8 Å². The van der Waals surface area contributed by atoms with Gasteiger partial charge in [0.1, 0.15) is 0 Å². The van der Waals surface area contributed by atoms with Gasteiger partial charge in [-0.2, -0.15) is 4.31 Å². The van der Waals surface area contributed by atoms with Crippen molar-refractivity contribution in [3.05, 3.63) is 29.8 Å². The van der Waals surface area contributed by atoms with Crippen LogP contribution in [0.1, 0.15) is 30.6 Å². The van der Waals surface area contributed by atoms with Crippen molar-refractivity contribution < 1.29 is 17.9 Å². The van der Waals surface area contributed by atoms with Crippen LogP contribution in [0.3, 0.4) is 0 Å². The van der Waals surface area contributed by atoms with E-state index in [-0.39, 0.29) is 16.7 Å². The standard InChI is InChI=1S/C14H21NO4S/c1-5-14(16)12-7-6-8-13(9-12)20(17,18)15(3)11(2)10-19-4/h6-9,11H,5,10H2,1-4H3. The molecule has 0 saturated carbocycles. The molecule has 1 rings (SSSR count). The number of sulfonamides is 1. The van der Waals surface area contributed by atoms with E-state index in [9.17, 15) is 13.2 Å². The molecular formula is C14H21NO4S. The number of methoxy groups -OCH3 is 1. The van der Waals surface area contributed by atoms with Crippen LogP contribution in [0.2, 0.25) is 0 Å². The quantitative estimate of drug-likeness (QED) is 0.722. The monoisotopic (exact) mass is 299 g/mol. The summed E-state index contributed by atoms with van der Waals surface area (Å²) in [4.78, 5) is 11.8. The predicted octanol–water partition coefficient (Wildman–Crippen LogP) is 1.93. The molecule has 0 fully saturated rings. The van der Waals surface area contributed by atoms with E-state index in [0.29, 0.717) is 18.6 Å². The third-order valence-corrected chi connectivity index (χ3v) is 5.15. The lowest BCUT2D eigenvalue weighted by Crippen LogP contribution is -2.37. The number of hydrogen-bond acceptors (Lipinski definition) is 4. The molecule has 5 nitrogen and oxygen atoms in total. The van der Waals surface area contributed by atoms with E-state index in [2.05, 4.69) is 0 Å². The van der Waals surface area contributed by atoms with Crippen LogP contribution in [0.25, 0.3) is 0 Å². The van der Waals surface area contributed by atoms with Gasteiger partial charge in [0.25, 0.3) is 0 Å². The molecule has 0 aromatic heterocycles. The molecule has 0 spiro atoms. The summed E-state index contributed by atoms with van der Waals surface area (Å²) >= 11 is 0. The highest BCUT2D eigenvalue weighted by Crippen LogP contribution is 2.18. The Bertz CT molecular complexity index is 568. The van der Waals surface area contributed by atoms with Crippen LogP contribution in [0.5, 0.6) is 0 Å². The number of ketones is 1. The van der Waals surface area contributed by atoms with E-state index in [0.717, 1.165) is 0 Å². The minimum Gasteiger partial charge on any atom is -0.383 e. The second kappa shape index (κ2) is 6.97. The highest BCUT2D eigenvalue weighted by molar-refractivity contribution is 7.89. The van der Waals surface area contributed by atoms with E-state index in [1.54, 1.807) is 26.0 Å². The van der Waals surface area contributed by atoms with Crippen molar-refractivity contribution in [3.8, 4) is 0 Å². The van der Waals surface area contributed by atoms with Gasteiger partial charge < -0.3 is 4.74 Å². The third-order valence-electron chi connectivity index (χ3n) is 3.18. The first-order valence-electron chi connectivity index (χ1n) is 6.44. The zero-order chi connectivity index (χ0) is 15.3. The Morgan fingerprint density at radius 2 is 2.05 bits per heavy atom. The molecular weight excluding hydrogens is 278 g/mol. The second-order valence-electron chi connectivity index (χ2n) is 4.63. The summed E-state index contributed by atoms with van der Waals surface area (Å²) < 4.78 is 31.2. The van der Waals surface area contributed by atoms with Gasteiger partial charge in [-0.3, -0.25) is 4.79 Å². The summed E-state index contributed by atoms with van der Waals surface area (Å²) in [5, 5.41) is 0. The van der Waals surface area contributed by atoms with Crippen LogP contribution in [0.4, 0.5) is 0 Å². The molecule has 0 N–H and O–H groups in total. The zero-order valence-corrected chi connectivity index (χ0v) is 13.1. The number of Topliss-reactive ketones (excluding diaryl/α,β-unsaturated/α-hetero) is 1. The smallest absolute Gasteiger partial charge is 0.243 e. The highest BCUT2D eigenvalue weighted by atomic mass is 32.2. The molecule has 0 aliphatic rings. The summed E-state index contributed by atoms with van der Waals surface area (Å²) in [5.41, 5.74) is 0.418. The summed E-state index contributed by atoms with van der Waals surface area (Å²) in [6, 6.07) is 5.86. The number of hydrogen-bond donors (Lipinski definition) is 0. The molecule has 1 unspecified atom stereocenters. The Balaban J connectivity index is 3.12. The largest absolute Gasteiger partial charge is 0.383 e. The van der Waals surface area contributed by atoms with E-state index < -0.39 is 10.0 Å². The molecule has 0 saturated heterocycles. The molecule has 6 heteroatoms. The normalized spacial score (nSPS) is 13.4. The molecule has 0 radical (unpaired) electrons. The van der Waals surface area contributed by atoms with E-state index >= 15 is 0 Å². The van der Waals surface area contributed by atoms with Gasteiger partial charge in [0, 0.05) is 32.2 Å². The summed E-state index contributed by atoms with van der Waals surface area (Å²) in [5.74, 6) is -0.0744. The molecule has 20 heavy (non-hydrogen) atoms. The van der Waals surface area contributed by atoms with Gasteiger partial charge >= 0.3 is 0 Å². The maximum Gasteiger partial charge on any atom is 0.243 e. The number of carbonyl (C=O) groups is 1. The number of benzene rings is 1. The number of carbonyl (C=O) groups excluding carboxylic acids is 1. The Kier molecular flexibility index (Phi) is 5.86. The first-order valence-corrected chi connectivity index (χ1v) is 7.88. The van der Waals surface area contributed by atoms with Crippen molar-refractivity contribution in [2.45, 2.75) is 31.2 Å². The maximum atomic E-state index is 12.5. The summed E-state index contributed by atoms with van der Waals surface area (Å²) in [6.45, 7) is 3.82. The topological polar surface area (TPSA) is 63.7 Å². The van der Waals surface area contributed by atoms with Crippen molar-refractivity contribution in [2.75, 3.05) is 20.8 Å². The van der Waals surface area contributed by atoms with Gasteiger partial charge in [-0.15, -0.1) is 0 Å². The molecule has 0 amide bonds. The Hall–Kier alpha value is -1.24. The second-order valence-corrected chi connectivity index (χ2v) is 6.63. The van der Waals surface area contributed by atoms with E-state index in [4.69, 9.17) is 4.74 Å². The van der Waals surface area contributed by atoms with Crippen LogP contribution in [-0.4, -0.2) is 45.3 Å².